The van der Waals surface area contributed by atoms with Crippen LogP contribution in [0, 0.1) is 0 Å². The molecule has 2 aromatic carbocycles. The third-order valence-corrected chi connectivity index (χ3v) is 8.92. The summed E-state index contributed by atoms with van der Waals surface area (Å²) < 4.78 is 48.6. The van der Waals surface area contributed by atoms with E-state index in [0.717, 1.165) is 48.9 Å². The van der Waals surface area contributed by atoms with Crippen molar-refractivity contribution >= 4 is 28.2 Å². The second-order valence-corrected chi connectivity index (χ2v) is 11.6. The number of rotatable bonds is 6. The molecule has 1 amide bonds. The molecule has 2 saturated heterocycles. The lowest BCUT2D eigenvalue weighted by atomic mass is 10.0. The zero-order valence-electron chi connectivity index (χ0n) is 24.4. The van der Waals surface area contributed by atoms with Gasteiger partial charge in [0.2, 0.25) is 5.91 Å². The van der Waals surface area contributed by atoms with E-state index in [9.17, 15) is 18.0 Å². The summed E-state index contributed by atoms with van der Waals surface area (Å²) >= 11 is 0. The van der Waals surface area contributed by atoms with Crippen molar-refractivity contribution in [1.82, 2.24) is 19.8 Å². The number of hydrogen-bond donors (Lipinski definition) is 0. The third-order valence-electron chi connectivity index (χ3n) is 8.92. The van der Waals surface area contributed by atoms with Crippen LogP contribution in [0.4, 0.5) is 24.7 Å². The molecule has 0 bridgehead atoms. The zero-order chi connectivity index (χ0) is 30.1. The molecule has 1 aromatic heterocycles. The van der Waals surface area contributed by atoms with Crippen LogP contribution in [0.25, 0.3) is 10.8 Å². The number of fused-ring (bicyclic) bond motifs is 2. The van der Waals surface area contributed by atoms with Crippen LogP contribution < -0.4 is 14.5 Å². The summed E-state index contributed by atoms with van der Waals surface area (Å²) in [6, 6.07) is 10.2. The van der Waals surface area contributed by atoms with Crippen LogP contribution >= 0.6 is 0 Å². The van der Waals surface area contributed by atoms with Gasteiger partial charge in [-0.25, -0.2) is 0 Å². The smallest absolute Gasteiger partial charge is 0.417 e. The van der Waals surface area contributed by atoms with Gasteiger partial charge in [-0.3, -0.25) is 4.79 Å². The molecule has 0 unspecified atom stereocenters. The Bertz CT molecular complexity index is 1500. The van der Waals surface area contributed by atoms with Crippen molar-refractivity contribution in [3.05, 3.63) is 65.9 Å². The van der Waals surface area contributed by atoms with E-state index < -0.39 is 11.7 Å². The summed E-state index contributed by atoms with van der Waals surface area (Å²) in [6.07, 6.45) is 0.451. The van der Waals surface area contributed by atoms with Gasteiger partial charge in [-0.05, 0) is 62.9 Å². The van der Waals surface area contributed by atoms with Crippen molar-refractivity contribution in [3.63, 3.8) is 0 Å². The van der Waals surface area contributed by atoms with Crippen molar-refractivity contribution in [3.8, 4) is 6.01 Å². The fourth-order valence-corrected chi connectivity index (χ4v) is 6.57. The Kier molecular flexibility index (Phi) is 8.17. The molecule has 8 nitrogen and oxygen atoms in total. The van der Waals surface area contributed by atoms with Crippen molar-refractivity contribution in [2.45, 2.75) is 44.4 Å². The predicted octanol–water partition coefficient (Wildman–Crippen LogP) is 4.91. The first kappa shape index (κ1) is 29.2. The topological polar surface area (TPSA) is 65.0 Å². The second kappa shape index (κ2) is 12.0. The second-order valence-electron chi connectivity index (χ2n) is 11.6. The summed E-state index contributed by atoms with van der Waals surface area (Å²) in [5.41, 5.74) is 1.67. The van der Waals surface area contributed by atoms with Crippen LogP contribution in [0.1, 0.15) is 36.1 Å². The van der Waals surface area contributed by atoms with Crippen LogP contribution in [0.2, 0.25) is 0 Å². The molecule has 4 heterocycles. The number of alkyl halides is 3. The summed E-state index contributed by atoms with van der Waals surface area (Å²) in [6.45, 7) is 8.33. The van der Waals surface area contributed by atoms with Crippen molar-refractivity contribution in [1.29, 1.82) is 0 Å². The maximum Gasteiger partial charge on any atom is 0.417 e. The van der Waals surface area contributed by atoms with Crippen molar-refractivity contribution < 1.29 is 22.7 Å². The number of benzene rings is 2. The Morgan fingerprint density at radius 1 is 1.02 bits per heavy atom. The molecule has 0 N–H and O–H groups in total. The number of aromatic nitrogens is 2. The third kappa shape index (κ3) is 6.00. The van der Waals surface area contributed by atoms with Gasteiger partial charge in [0.05, 0.1) is 17.8 Å². The Morgan fingerprint density at radius 2 is 1.79 bits per heavy atom. The number of carbonyl (C=O) groups excluding carboxylic acids is 1. The molecule has 3 aliphatic heterocycles. The Hall–Kier alpha value is -3.86. The molecule has 1 atom stereocenters. The summed E-state index contributed by atoms with van der Waals surface area (Å²) in [7, 11) is 2.09. The normalized spacial score (nSPS) is 19.8. The molecular formula is C32H37F3N6O2. The number of hydrogen-bond acceptors (Lipinski definition) is 7. The van der Waals surface area contributed by atoms with Crippen LogP contribution in [0.15, 0.2) is 49.1 Å². The molecule has 0 saturated carbocycles. The van der Waals surface area contributed by atoms with E-state index in [0.29, 0.717) is 63.4 Å². The maximum atomic E-state index is 14.1. The molecule has 0 aliphatic carbocycles. The molecular weight excluding hydrogens is 557 g/mol. The number of amides is 1. The summed E-state index contributed by atoms with van der Waals surface area (Å²) in [5, 5.41) is 0.760. The lowest BCUT2D eigenvalue weighted by molar-refractivity contribution is -0.136. The first-order chi connectivity index (χ1) is 20.7. The summed E-state index contributed by atoms with van der Waals surface area (Å²) in [4.78, 5) is 30.2. The van der Waals surface area contributed by atoms with Gasteiger partial charge in [-0.2, -0.15) is 23.1 Å². The number of piperazine rings is 1. The molecule has 6 rings (SSSR count). The van der Waals surface area contributed by atoms with Gasteiger partial charge in [0.25, 0.3) is 0 Å². The fourth-order valence-electron chi connectivity index (χ4n) is 6.57. The largest absolute Gasteiger partial charge is 0.462 e. The number of likely N-dealkylation sites (N-methyl/N-ethyl adjacent to an activating group) is 1. The standard InChI is InChI=1S/C32H37F3N6O2/c1-3-28(42)39-16-18-40(19-17-39)30-24-11-7-15-41(20-26(24)36-31(37-30)43-21-23-10-6-14-38(23)2)27-13-5-9-22-8-4-12-25(29(22)27)32(33,34)35/h3-5,8-9,12-13,23H,1,6-7,10-11,14-21H2,2H3/t23-/m0/s1. The van der Waals surface area contributed by atoms with Crippen LogP contribution in [-0.2, 0) is 23.9 Å². The van der Waals surface area contributed by atoms with Gasteiger partial charge in [-0.15, -0.1) is 0 Å². The van der Waals surface area contributed by atoms with Gasteiger partial charge >= 0.3 is 12.2 Å². The lowest BCUT2D eigenvalue weighted by Gasteiger charge is -2.36. The Labute approximate surface area is 249 Å². The minimum Gasteiger partial charge on any atom is -0.462 e. The fraction of sp³-hybridized carbons (Fsp3) is 0.469. The summed E-state index contributed by atoms with van der Waals surface area (Å²) in [5.74, 6) is 0.705. The van der Waals surface area contributed by atoms with Crippen LogP contribution in [0.5, 0.6) is 6.01 Å². The van der Waals surface area contributed by atoms with Crippen LogP contribution in [-0.4, -0.2) is 84.6 Å². The van der Waals surface area contributed by atoms with E-state index in [1.165, 1.54) is 12.1 Å². The zero-order valence-corrected chi connectivity index (χ0v) is 24.4. The number of anilines is 2. The SMILES string of the molecule is C=CC(=O)N1CCN(c2nc(OC[C@@H]3CCCN3C)nc3c2CCCN(c2cccc4cccc(C(F)(F)F)c24)C3)CC1. The molecule has 43 heavy (non-hydrogen) atoms. The van der Waals surface area contributed by atoms with Gasteiger partial charge in [0.1, 0.15) is 12.4 Å². The minimum atomic E-state index is -4.47. The molecule has 3 aromatic rings. The molecule has 3 aliphatic rings. The molecule has 2 fully saturated rings. The molecule has 0 radical (unpaired) electrons. The number of nitrogens with zero attached hydrogens (tertiary/aromatic N) is 6. The van der Waals surface area contributed by atoms with Gasteiger partial charge in [0, 0.05) is 55.4 Å². The van der Waals surface area contributed by atoms with Gasteiger partial charge < -0.3 is 24.3 Å². The average molecular weight is 595 g/mol. The van der Waals surface area contributed by atoms with Gasteiger partial charge in [0.15, 0.2) is 0 Å². The maximum absolute atomic E-state index is 14.1. The van der Waals surface area contributed by atoms with E-state index in [-0.39, 0.29) is 23.3 Å². The predicted molar refractivity (Wildman–Crippen MR) is 160 cm³/mol. The lowest BCUT2D eigenvalue weighted by Crippen LogP contribution is -2.49. The van der Waals surface area contributed by atoms with E-state index in [2.05, 4.69) is 23.4 Å². The highest BCUT2D eigenvalue weighted by Gasteiger charge is 2.35. The minimum absolute atomic E-state index is 0.0881. The highest BCUT2D eigenvalue weighted by atomic mass is 19.4. The quantitative estimate of drug-likeness (QED) is 0.376. The molecule has 228 valence electrons. The van der Waals surface area contributed by atoms with Gasteiger partial charge in [-0.1, -0.05) is 30.8 Å². The number of carbonyl (C=O) groups is 1. The number of ether oxygens (including phenoxy) is 1. The highest BCUT2D eigenvalue weighted by molar-refractivity contribution is 5.97. The first-order valence-corrected chi connectivity index (χ1v) is 15.0. The van der Waals surface area contributed by atoms with E-state index >= 15 is 0 Å². The van der Waals surface area contributed by atoms with Crippen LogP contribution in [0.3, 0.4) is 0 Å². The van der Waals surface area contributed by atoms with E-state index in [1.54, 1.807) is 23.1 Å². The Morgan fingerprint density at radius 3 is 2.49 bits per heavy atom. The molecule has 11 heteroatoms. The number of likely N-dealkylation sites (tertiary alicyclic amines) is 1. The van der Waals surface area contributed by atoms with Crippen molar-refractivity contribution in [2.24, 2.45) is 0 Å². The number of halogens is 3. The average Bonchev–Trinajstić information content (AvgIpc) is 3.30. The molecule has 0 spiro atoms. The first-order valence-electron chi connectivity index (χ1n) is 15.0. The Balaban J connectivity index is 1.36. The van der Waals surface area contributed by atoms with E-state index in [1.807, 2.05) is 11.0 Å². The van der Waals surface area contributed by atoms with E-state index in [4.69, 9.17) is 14.7 Å². The monoisotopic (exact) mass is 594 g/mol. The highest BCUT2D eigenvalue weighted by Crippen LogP contribution is 2.41. The van der Waals surface area contributed by atoms with Crippen molar-refractivity contribution in [2.75, 3.05) is 62.7 Å².